The van der Waals surface area contributed by atoms with Crippen molar-refractivity contribution in [2.24, 2.45) is 11.7 Å². The van der Waals surface area contributed by atoms with Crippen molar-refractivity contribution >= 4 is 23.1 Å². The molecule has 3 nitrogen and oxygen atoms in total. The first-order chi connectivity index (χ1) is 7.04. The second-order valence-corrected chi connectivity index (χ2v) is 4.28. The van der Waals surface area contributed by atoms with Gasteiger partial charge < -0.3 is 10.6 Å². The number of hydrogen-bond donors (Lipinski definition) is 1. The van der Waals surface area contributed by atoms with Crippen molar-refractivity contribution in [2.75, 3.05) is 13.1 Å². The molecule has 0 unspecified atom stereocenters. The normalized spacial score (nSPS) is 10.4. The van der Waals surface area contributed by atoms with Crippen LogP contribution < -0.4 is 5.73 Å². The third kappa shape index (κ3) is 5.72. The molecule has 0 aliphatic carbocycles. The van der Waals surface area contributed by atoms with E-state index in [0.29, 0.717) is 5.92 Å². The van der Waals surface area contributed by atoms with E-state index >= 15 is 0 Å². The van der Waals surface area contributed by atoms with Gasteiger partial charge in [0.05, 0.1) is 11.4 Å². The molecule has 0 saturated carbocycles. The summed E-state index contributed by atoms with van der Waals surface area (Å²) in [7, 11) is 0. The van der Waals surface area contributed by atoms with Gasteiger partial charge in [-0.1, -0.05) is 38.9 Å². The predicted molar refractivity (Wildman–Crippen MR) is 67.7 cm³/mol. The Kier molecular flexibility index (Phi) is 7.30. The topological polar surface area (TPSA) is 46.3 Å². The van der Waals surface area contributed by atoms with Gasteiger partial charge in [-0.15, -0.1) is 0 Å². The average molecular weight is 230 g/mol. The molecule has 88 valence electrons. The van der Waals surface area contributed by atoms with E-state index in [1.807, 2.05) is 11.8 Å². The largest absolute Gasteiger partial charge is 0.393 e. The molecule has 0 aromatic heterocycles. The van der Waals surface area contributed by atoms with Crippen molar-refractivity contribution in [3.63, 3.8) is 0 Å². The van der Waals surface area contributed by atoms with Crippen molar-refractivity contribution in [2.45, 2.75) is 40.0 Å². The van der Waals surface area contributed by atoms with E-state index in [9.17, 15) is 4.79 Å². The first-order valence-electron chi connectivity index (χ1n) is 5.61. The smallest absolute Gasteiger partial charge is 0.229 e. The summed E-state index contributed by atoms with van der Waals surface area (Å²) in [6.07, 6.45) is 2.41. The van der Waals surface area contributed by atoms with Crippen LogP contribution in [0.2, 0.25) is 0 Å². The van der Waals surface area contributed by atoms with E-state index in [0.717, 1.165) is 25.9 Å². The van der Waals surface area contributed by atoms with Crippen LogP contribution in [0.4, 0.5) is 0 Å². The Labute approximate surface area is 98.0 Å². The zero-order valence-electron chi connectivity index (χ0n) is 9.95. The van der Waals surface area contributed by atoms with Crippen LogP contribution in [0.15, 0.2) is 0 Å². The second kappa shape index (κ2) is 7.63. The molecule has 0 rings (SSSR count). The highest BCUT2D eigenvalue weighted by molar-refractivity contribution is 7.80. The summed E-state index contributed by atoms with van der Waals surface area (Å²) >= 11 is 4.74. The van der Waals surface area contributed by atoms with Crippen molar-refractivity contribution < 1.29 is 4.79 Å². The lowest BCUT2D eigenvalue weighted by molar-refractivity contribution is -0.130. The van der Waals surface area contributed by atoms with Crippen LogP contribution in [0.25, 0.3) is 0 Å². The first-order valence-corrected chi connectivity index (χ1v) is 6.01. The minimum atomic E-state index is 0.0527. The minimum absolute atomic E-state index is 0.0527. The molecule has 0 aliphatic heterocycles. The fourth-order valence-corrected chi connectivity index (χ4v) is 1.65. The molecular formula is C11H22N2OS. The molecule has 1 amide bonds. The van der Waals surface area contributed by atoms with Crippen molar-refractivity contribution in [1.82, 2.24) is 4.90 Å². The van der Waals surface area contributed by atoms with Gasteiger partial charge in [0, 0.05) is 13.1 Å². The standard InChI is InChI=1S/C11H22N2OS/c1-4-9(5-2)8-13(6-3)11(14)7-10(12)15/h9H,4-8H2,1-3H3,(H2,12,15). The SMILES string of the molecule is CCC(CC)CN(CC)C(=O)CC(N)=S. The zero-order valence-corrected chi connectivity index (χ0v) is 10.8. The molecule has 0 saturated heterocycles. The van der Waals surface area contributed by atoms with Gasteiger partial charge in [0.25, 0.3) is 0 Å². The van der Waals surface area contributed by atoms with Gasteiger partial charge in [0.15, 0.2) is 0 Å². The number of rotatable bonds is 7. The molecule has 0 fully saturated rings. The Morgan fingerprint density at radius 2 is 1.87 bits per heavy atom. The molecule has 2 N–H and O–H groups in total. The quantitative estimate of drug-likeness (QED) is 0.680. The van der Waals surface area contributed by atoms with Crippen LogP contribution >= 0.6 is 12.2 Å². The molecule has 0 spiro atoms. The van der Waals surface area contributed by atoms with Crippen LogP contribution in [-0.2, 0) is 4.79 Å². The lowest BCUT2D eigenvalue weighted by Gasteiger charge is -2.25. The van der Waals surface area contributed by atoms with Crippen LogP contribution in [0, 0.1) is 5.92 Å². The Bertz CT molecular complexity index is 215. The first kappa shape index (κ1) is 14.4. The molecule has 0 heterocycles. The van der Waals surface area contributed by atoms with E-state index in [1.165, 1.54) is 0 Å². The lowest BCUT2D eigenvalue weighted by Crippen LogP contribution is -2.36. The van der Waals surface area contributed by atoms with Crippen molar-refractivity contribution in [3.8, 4) is 0 Å². The molecule has 0 radical (unpaired) electrons. The van der Waals surface area contributed by atoms with Gasteiger partial charge in [-0.2, -0.15) is 0 Å². The maximum Gasteiger partial charge on any atom is 0.229 e. The molecule has 0 bridgehead atoms. The monoisotopic (exact) mass is 230 g/mol. The molecule has 15 heavy (non-hydrogen) atoms. The number of hydrogen-bond acceptors (Lipinski definition) is 2. The maximum absolute atomic E-state index is 11.7. The fraction of sp³-hybridized carbons (Fsp3) is 0.818. The summed E-state index contributed by atoms with van der Waals surface area (Å²) in [4.78, 5) is 13.8. The summed E-state index contributed by atoms with van der Waals surface area (Å²) < 4.78 is 0. The number of carbonyl (C=O) groups excluding carboxylic acids is 1. The molecule has 0 atom stereocenters. The van der Waals surface area contributed by atoms with Gasteiger partial charge in [-0.05, 0) is 12.8 Å². The summed E-state index contributed by atoms with van der Waals surface area (Å²) in [5.74, 6) is 0.636. The third-order valence-corrected chi connectivity index (χ3v) is 2.84. The van der Waals surface area contributed by atoms with Crippen molar-refractivity contribution in [3.05, 3.63) is 0 Å². The van der Waals surface area contributed by atoms with E-state index in [-0.39, 0.29) is 17.3 Å². The fourth-order valence-electron chi connectivity index (χ4n) is 1.53. The Morgan fingerprint density at radius 1 is 1.33 bits per heavy atom. The van der Waals surface area contributed by atoms with Gasteiger partial charge in [0.1, 0.15) is 0 Å². The lowest BCUT2D eigenvalue weighted by atomic mass is 10.0. The Balaban J connectivity index is 4.22. The van der Waals surface area contributed by atoms with Gasteiger partial charge in [-0.3, -0.25) is 4.79 Å². The van der Waals surface area contributed by atoms with E-state index < -0.39 is 0 Å². The van der Waals surface area contributed by atoms with Crippen LogP contribution in [0.1, 0.15) is 40.0 Å². The highest BCUT2D eigenvalue weighted by Gasteiger charge is 2.15. The number of thiocarbonyl (C=S) groups is 1. The average Bonchev–Trinajstić information content (AvgIpc) is 2.18. The highest BCUT2D eigenvalue weighted by atomic mass is 32.1. The Hall–Kier alpha value is -0.640. The zero-order chi connectivity index (χ0) is 11.8. The van der Waals surface area contributed by atoms with Gasteiger partial charge >= 0.3 is 0 Å². The van der Waals surface area contributed by atoms with Gasteiger partial charge in [-0.25, -0.2) is 0 Å². The summed E-state index contributed by atoms with van der Waals surface area (Å²) in [6, 6.07) is 0. The molecule has 4 heteroatoms. The highest BCUT2D eigenvalue weighted by Crippen LogP contribution is 2.10. The summed E-state index contributed by atoms with van der Waals surface area (Å²) in [5.41, 5.74) is 5.37. The number of carbonyl (C=O) groups is 1. The predicted octanol–water partition coefficient (Wildman–Crippen LogP) is 1.95. The van der Waals surface area contributed by atoms with Crippen molar-refractivity contribution in [1.29, 1.82) is 0 Å². The molecule has 0 aromatic carbocycles. The molecular weight excluding hydrogens is 208 g/mol. The number of nitrogens with zero attached hydrogens (tertiary/aromatic N) is 1. The van der Waals surface area contributed by atoms with E-state index in [4.69, 9.17) is 18.0 Å². The maximum atomic E-state index is 11.7. The third-order valence-electron chi connectivity index (χ3n) is 2.69. The molecule has 0 aromatic rings. The number of amides is 1. The minimum Gasteiger partial charge on any atom is -0.393 e. The van der Waals surface area contributed by atoms with Crippen LogP contribution in [-0.4, -0.2) is 28.9 Å². The second-order valence-electron chi connectivity index (χ2n) is 3.76. The summed E-state index contributed by atoms with van der Waals surface area (Å²) in [6.45, 7) is 7.85. The van der Waals surface area contributed by atoms with Crippen LogP contribution in [0.5, 0.6) is 0 Å². The van der Waals surface area contributed by atoms with E-state index in [1.54, 1.807) is 0 Å². The Morgan fingerprint density at radius 3 is 2.20 bits per heavy atom. The molecule has 0 aliphatic rings. The summed E-state index contributed by atoms with van der Waals surface area (Å²) in [5, 5.41) is 0. The van der Waals surface area contributed by atoms with Gasteiger partial charge in [0.2, 0.25) is 5.91 Å². The number of nitrogens with two attached hydrogens (primary N) is 1. The van der Waals surface area contributed by atoms with E-state index in [2.05, 4.69) is 13.8 Å². The van der Waals surface area contributed by atoms with Crippen LogP contribution in [0.3, 0.4) is 0 Å².